The van der Waals surface area contributed by atoms with Crippen molar-refractivity contribution >= 4 is 17.2 Å². The summed E-state index contributed by atoms with van der Waals surface area (Å²) in [5.41, 5.74) is 2.15. The lowest BCUT2D eigenvalue weighted by Crippen LogP contribution is -2.53. The van der Waals surface area contributed by atoms with Gasteiger partial charge in [0.25, 0.3) is 5.91 Å². The minimum atomic E-state index is -0.581. The number of rotatable bonds is 5. The first kappa shape index (κ1) is 20.8. The van der Waals surface area contributed by atoms with Crippen LogP contribution in [-0.4, -0.2) is 66.7 Å². The Labute approximate surface area is 191 Å². The van der Waals surface area contributed by atoms with Crippen molar-refractivity contribution in [3.8, 4) is 27.8 Å². The first-order chi connectivity index (χ1) is 15.7. The maximum atomic E-state index is 12.9. The Hall–Kier alpha value is -3.10. The molecule has 1 fully saturated rings. The van der Waals surface area contributed by atoms with Crippen LogP contribution in [0.5, 0.6) is 17.2 Å². The minimum absolute atomic E-state index is 0.00500. The summed E-state index contributed by atoms with van der Waals surface area (Å²) in [4.78, 5) is 21.9. The molecule has 0 spiro atoms. The summed E-state index contributed by atoms with van der Waals surface area (Å²) in [6, 6.07) is 15.4. The highest BCUT2D eigenvalue weighted by Gasteiger charge is 2.32. The number of fused-ring (bicyclic) bond motifs is 1. The Morgan fingerprint density at radius 1 is 1.09 bits per heavy atom. The van der Waals surface area contributed by atoms with E-state index in [0.29, 0.717) is 24.6 Å². The van der Waals surface area contributed by atoms with Gasteiger partial charge in [-0.1, -0.05) is 12.1 Å². The second-order valence-electron chi connectivity index (χ2n) is 7.84. The summed E-state index contributed by atoms with van der Waals surface area (Å²) in [6.45, 7) is 4.01. The van der Waals surface area contributed by atoms with E-state index in [1.807, 2.05) is 53.4 Å². The molecule has 3 heterocycles. The second kappa shape index (κ2) is 9.18. The topological polar surface area (TPSA) is 64.1 Å². The fourth-order valence-electron chi connectivity index (χ4n) is 3.95. The number of benzene rings is 2. The first-order valence-electron chi connectivity index (χ1n) is 10.7. The predicted octanol–water partition coefficient (Wildman–Crippen LogP) is 3.30. The number of hydrogen-bond acceptors (Lipinski definition) is 7. The van der Waals surface area contributed by atoms with Gasteiger partial charge < -0.3 is 19.1 Å². The minimum Gasteiger partial charge on any atom is -0.497 e. The van der Waals surface area contributed by atoms with Crippen molar-refractivity contribution < 1.29 is 19.0 Å². The molecule has 32 heavy (non-hydrogen) atoms. The van der Waals surface area contributed by atoms with Crippen LogP contribution in [0, 0.1) is 0 Å². The van der Waals surface area contributed by atoms with Crippen LogP contribution >= 0.6 is 11.3 Å². The number of carbonyl (C=O) groups excluding carboxylic acids is 1. The Kier molecular flexibility index (Phi) is 5.96. The van der Waals surface area contributed by atoms with Crippen molar-refractivity contribution in [3.63, 3.8) is 0 Å². The zero-order valence-corrected chi connectivity index (χ0v) is 18.7. The number of hydrogen-bond donors (Lipinski definition) is 0. The highest BCUT2D eigenvalue weighted by molar-refractivity contribution is 7.13. The van der Waals surface area contributed by atoms with Gasteiger partial charge in [0.2, 0.25) is 6.10 Å². The third-order valence-corrected chi connectivity index (χ3v) is 6.68. The summed E-state index contributed by atoms with van der Waals surface area (Å²) in [6.07, 6.45) is -0.581. The van der Waals surface area contributed by atoms with Crippen LogP contribution in [0.15, 0.2) is 53.9 Å². The van der Waals surface area contributed by atoms with E-state index in [9.17, 15) is 4.79 Å². The van der Waals surface area contributed by atoms with E-state index in [2.05, 4.69) is 10.3 Å². The van der Waals surface area contributed by atoms with Gasteiger partial charge in [-0.05, 0) is 36.4 Å². The van der Waals surface area contributed by atoms with Crippen LogP contribution in [0.25, 0.3) is 10.6 Å². The van der Waals surface area contributed by atoms with Crippen molar-refractivity contribution in [2.24, 2.45) is 0 Å². The van der Waals surface area contributed by atoms with Crippen LogP contribution in [0.3, 0.4) is 0 Å². The number of carbonyl (C=O) groups is 1. The van der Waals surface area contributed by atoms with E-state index in [0.717, 1.165) is 41.6 Å². The highest BCUT2D eigenvalue weighted by Crippen LogP contribution is 2.31. The second-order valence-corrected chi connectivity index (χ2v) is 8.70. The van der Waals surface area contributed by atoms with Crippen molar-refractivity contribution in [1.82, 2.24) is 14.8 Å². The van der Waals surface area contributed by atoms with Gasteiger partial charge in [0.1, 0.15) is 17.4 Å². The molecule has 1 saturated heterocycles. The first-order valence-corrected chi connectivity index (χ1v) is 11.6. The molecule has 166 valence electrons. The molecule has 2 aromatic carbocycles. The monoisotopic (exact) mass is 451 g/mol. The number of ether oxygens (including phenoxy) is 3. The molecule has 0 bridgehead atoms. The molecule has 1 unspecified atom stereocenters. The molecule has 8 heteroatoms. The average molecular weight is 452 g/mol. The molecule has 2 aliphatic rings. The van der Waals surface area contributed by atoms with Gasteiger partial charge in [-0.15, -0.1) is 11.3 Å². The molecule has 7 nitrogen and oxygen atoms in total. The lowest BCUT2D eigenvalue weighted by molar-refractivity contribution is -0.143. The van der Waals surface area contributed by atoms with Crippen LogP contribution in [0.2, 0.25) is 0 Å². The van der Waals surface area contributed by atoms with Crippen LogP contribution in [0.4, 0.5) is 0 Å². The van der Waals surface area contributed by atoms with Crippen molar-refractivity contribution in [2.75, 3.05) is 39.9 Å². The summed E-state index contributed by atoms with van der Waals surface area (Å²) < 4.78 is 16.8. The zero-order valence-electron chi connectivity index (χ0n) is 17.9. The number of aromatic nitrogens is 1. The molecule has 2 aliphatic heterocycles. The van der Waals surface area contributed by atoms with Gasteiger partial charge in [-0.2, -0.15) is 0 Å². The molecule has 0 N–H and O–H groups in total. The Bertz CT molecular complexity index is 1080. The van der Waals surface area contributed by atoms with Gasteiger partial charge in [0, 0.05) is 43.7 Å². The normalized spacial score (nSPS) is 18.4. The van der Waals surface area contributed by atoms with Crippen molar-refractivity contribution in [1.29, 1.82) is 0 Å². The summed E-state index contributed by atoms with van der Waals surface area (Å²) >= 11 is 1.65. The molecule has 0 radical (unpaired) electrons. The van der Waals surface area contributed by atoms with Gasteiger partial charge in [-0.3, -0.25) is 9.69 Å². The summed E-state index contributed by atoms with van der Waals surface area (Å²) in [5.74, 6) is 2.16. The Morgan fingerprint density at radius 2 is 1.84 bits per heavy atom. The number of thiazole rings is 1. The number of amides is 1. The zero-order chi connectivity index (χ0) is 21.9. The average Bonchev–Trinajstić information content (AvgIpc) is 3.32. The third kappa shape index (κ3) is 4.42. The Balaban J connectivity index is 1.14. The van der Waals surface area contributed by atoms with E-state index in [1.54, 1.807) is 18.4 Å². The maximum absolute atomic E-state index is 12.9. The van der Waals surface area contributed by atoms with Gasteiger partial charge >= 0.3 is 0 Å². The number of para-hydroxylation sites is 2. The highest BCUT2D eigenvalue weighted by atomic mass is 32.1. The molecule has 0 saturated carbocycles. The van der Waals surface area contributed by atoms with E-state index >= 15 is 0 Å². The summed E-state index contributed by atoms with van der Waals surface area (Å²) in [5, 5.41) is 3.12. The van der Waals surface area contributed by atoms with Crippen molar-refractivity contribution in [3.05, 3.63) is 59.6 Å². The molecule has 3 aromatic rings. The third-order valence-electron chi connectivity index (χ3n) is 5.74. The largest absolute Gasteiger partial charge is 0.497 e. The molecule has 5 rings (SSSR count). The quantitative estimate of drug-likeness (QED) is 0.593. The number of nitrogens with zero attached hydrogens (tertiary/aromatic N) is 3. The molecular weight excluding hydrogens is 426 g/mol. The lowest BCUT2D eigenvalue weighted by Gasteiger charge is -2.36. The molecule has 1 aromatic heterocycles. The molecular formula is C24H25N3O4S. The van der Waals surface area contributed by atoms with Crippen LogP contribution in [-0.2, 0) is 11.3 Å². The summed E-state index contributed by atoms with van der Waals surface area (Å²) in [7, 11) is 1.67. The fraction of sp³-hybridized carbons (Fsp3) is 0.333. The lowest BCUT2D eigenvalue weighted by atomic mass is 10.2. The van der Waals surface area contributed by atoms with Gasteiger partial charge in [0.15, 0.2) is 11.5 Å². The van der Waals surface area contributed by atoms with Crippen LogP contribution in [0.1, 0.15) is 5.69 Å². The number of piperazine rings is 1. The van der Waals surface area contributed by atoms with E-state index in [1.165, 1.54) is 0 Å². The SMILES string of the molecule is COc1ccc(-c2nc(CN3CCN(C(=O)C4COc5ccccc5O4)CC3)cs2)cc1. The maximum Gasteiger partial charge on any atom is 0.267 e. The standard InChI is InChI=1S/C24H25N3O4S/c1-29-19-8-6-17(7-9-19)23-25-18(16-32-23)14-26-10-12-27(13-11-26)24(28)22-15-30-20-4-2-3-5-21(20)31-22/h2-9,16,22H,10-15H2,1H3. The molecule has 1 amide bonds. The van der Waals surface area contributed by atoms with E-state index in [-0.39, 0.29) is 12.5 Å². The molecule has 0 aliphatic carbocycles. The Morgan fingerprint density at radius 3 is 2.59 bits per heavy atom. The van der Waals surface area contributed by atoms with E-state index < -0.39 is 6.10 Å². The van der Waals surface area contributed by atoms with Crippen LogP contribution < -0.4 is 14.2 Å². The van der Waals surface area contributed by atoms with Gasteiger partial charge in [-0.25, -0.2) is 4.98 Å². The van der Waals surface area contributed by atoms with Crippen molar-refractivity contribution in [2.45, 2.75) is 12.6 Å². The van der Waals surface area contributed by atoms with E-state index in [4.69, 9.17) is 19.2 Å². The fourth-order valence-corrected chi connectivity index (χ4v) is 4.76. The number of methoxy groups -OCH3 is 1. The predicted molar refractivity (Wildman–Crippen MR) is 122 cm³/mol. The molecule has 1 atom stereocenters. The smallest absolute Gasteiger partial charge is 0.267 e. The van der Waals surface area contributed by atoms with Gasteiger partial charge in [0.05, 0.1) is 12.8 Å².